The number of benzene rings is 3. The van der Waals surface area contributed by atoms with Gasteiger partial charge in [0.2, 0.25) is 5.91 Å². The van der Waals surface area contributed by atoms with E-state index in [0.29, 0.717) is 40.7 Å². The molecule has 0 bridgehead atoms. The van der Waals surface area contributed by atoms with Crippen LogP contribution >= 0.6 is 23.4 Å². The monoisotopic (exact) mass is 536 g/mol. The molecule has 35 heavy (non-hydrogen) atoms. The van der Waals surface area contributed by atoms with Gasteiger partial charge in [-0.25, -0.2) is 12.8 Å². The highest BCUT2D eigenvalue weighted by molar-refractivity contribution is 7.98. The van der Waals surface area contributed by atoms with Crippen LogP contribution in [-0.4, -0.2) is 40.3 Å². The van der Waals surface area contributed by atoms with E-state index in [9.17, 15) is 17.6 Å². The number of hydrogen-bond donors (Lipinski definition) is 1. The molecule has 0 fully saturated rings. The first-order chi connectivity index (χ1) is 16.8. The highest BCUT2D eigenvalue weighted by Gasteiger charge is 2.27. The second kappa shape index (κ2) is 12.8. The standard InChI is InChI=1S/C25H26ClFN2O4S2/c1-33-22-11-13-23(14-12-22)35(31,32)29(21-9-7-20(26)8-10-21)17-25(30)28-15-4-16-34-18-19-5-2-3-6-24(19)27/h2-3,5-14H,4,15-18H2,1H3,(H,28,30). The number of nitrogens with one attached hydrogen (secondary N) is 1. The molecule has 1 amide bonds. The van der Waals surface area contributed by atoms with Crippen LogP contribution in [0.5, 0.6) is 5.75 Å². The lowest BCUT2D eigenvalue weighted by atomic mass is 10.2. The zero-order valence-electron chi connectivity index (χ0n) is 19.1. The Bertz CT molecular complexity index is 1220. The lowest BCUT2D eigenvalue weighted by Gasteiger charge is -2.24. The third-order valence-corrected chi connectivity index (χ3v) is 8.18. The molecule has 0 aromatic heterocycles. The van der Waals surface area contributed by atoms with Crippen molar-refractivity contribution in [1.82, 2.24) is 5.32 Å². The van der Waals surface area contributed by atoms with Crippen molar-refractivity contribution < 1.29 is 22.3 Å². The lowest BCUT2D eigenvalue weighted by Crippen LogP contribution is -2.41. The fourth-order valence-electron chi connectivity index (χ4n) is 3.18. The van der Waals surface area contributed by atoms with Crippen LogP contribution in [0.2, 0.25) is 5.02 Å². The van der Waals surface area contributed by atoms with Crippen molar-refractivity contribution in [3.05, 3.63) is 89.2 Å². The minimum absolute atomic E-state index is 0.0330. The molecule has 0 spiro atoms. The first-order valence-corrected chi connectivity index (χ1v) is 13.8. The van der Waals surface area contributed by atoms with Crippen molar-refractivity contribution in [2.75, 3.05) is 30.3 Å². The minimum Gasteiger partial charge on any atom is -0.497 e. The van der Waals surface area contributed by atoms with E-state index in [0.717, 1.165) is 10.1 Å². The average molecular weight is 537 g/mol. The third-order valence-electron chi connectivity index (χ3n) is 5.05. The Morgan fingerprint density at radius 1 is 1.06 bits per heavy atom. The summed E-state index contributed by atoms with van der Waals surface area (Å²) >= 11 is 7.53. The van der Waals surface area contributed by atoms with E-state index in [1.807, 2.05) is 0 Å². The molecule has 0 aliphatic carbocycles. The summed E-state index contributed by atoms with van der Waals surface area (Å²) in [6.07, 6.45) is 0.664. The van der Waals surface area contributed by atoms with Gasteiger partial charge in [-0.1, -0.05) is 29.8 Å². The Morgan fingerprint density at radius 2 is 1.74 bits per heavy atom. The SMILES string of the molecule is COc1ccc(S(=O)(=O)N(CC(=O)NCCCSCc2ccccc2F)c2ccc(Cl)cc2)cc1. The summed E-state index contributed by atoms with van der Waals surface area (Å²) in [6, 6.07) is 18.8. The molecule has 0 radical (unpaired) electrons. The molecule has 6 nitrogen and oxygen atoms in total. The first-order valence-electron chi connectivity index (χ1n) is 10.8. The van der Waals surface area contributed by atoms with E-state index >= 15 is 0 Å². The van der Waals surface area contributed by atoms with Crippen LogP contribution in [0.25, 0.3) is 0 Å². The predicted octanol–water partition coefficient (Wildman–Crippen LogP) is 5.12. The summed E-state index contributed by atoms with van der Waals surface area (Å²) in [5.41, 5.74) is 0.963. The molecule has 3 rings (SSSR count). The summed E-state index contributed by atoms with van der Waals surface area (Å²) < 4.78 is 46.6. The van der Waals surface area contributed by atoms with Gasteiger partial charge < -0.3 is 10.1 Å². The number of amides is 1. The number of sulfonamides is 1. The highest BCUT2D eigenvalue weighted by atomic mass is 35.5. The summed E-state index contributed by atoms with van der Waals surface area (Å²) in [4.78, 5) is 12.7. The Labute approximate surface area is 214 Å². The van der Waals surface area contributed by atoms with Crippen LogP contribution in [0.15, 0.2) is 77.7 Å². The zero-order valence-corrected chi connectivity index (χ0v) is 21.5. The fraction of sp³-hybridized carbons (Fsp3) is 0.240. The molecule has 0 aliphatic heterocycles. The summed E-state index contributed by atoms with van der Waals surface area (Å²) in [6.45, 7) is -0.0154. The van der Waals surface area contributed by atoms with Crippen molar-refractivity contribution in [1.29, 1.82) is 0 Å². The van der Waals surface area contributed by atoms with Crippen LogP contribution in [0.4, 0.5) is 10.1 Å². The van der Waals surface area contributed by atoms with Gasteiger partial charge in [-0.05, 0) is 72.3 Å². The molecule has 0 saturated heterocycles. The van der Waals surface area contributed by atoms with E-state index in [-0.39, 0.29) is 10.7 Å². The largest absolute Gasteiger partial charge is 0.497 e. The predicted molar refractivity (Wildman–Crippen MR) is 139 cm³/mol. The Balaban J connectivity index is 1.60. The normalized spacial score (nSPS) is 11.2. The smallest absolute Gasteiger partial charge is 0.264 e. The molecule has 186 valence electrons. The first kappa shape index (κ1) is 26.8. The zero-order chi connectivity index (χ0) is 25.3. The van der Waals surface area contributed by atoms with E-state index in [4.69, 9.17) is 16.3 Å². The second-order valence-corrected chi connectivity index (χ2v) is 10.9. The third kappa shape index (κ3) is 7.62. The number of anilines is 1. The quantitative estimate of drug-likeness (QED) is 0.325. The van der Waals surface area contributed by atoms with Crippen LogP contribution in [0.1, 0.15) is 12.0 Å². The van der Waals surface area contributed by atoms with Crippen LogP contribution in [0.3, 0.4) is 0 Å². The number of methoxy groups -OCH3 is 1. The van der Waals surface area contributed by atoms with Crippen molar-refractivity contribution in [2.24, 2.45) is 0 Å². The summed E-state index contributed by atoms with van der Waals surface area (Å²) in [5.74, 6) is 1.13. The number of carbonyl (C=O) groups is 1. The molecule has 0 heterocycles. The van der Waals surface area contributed by atoms with Gasteiger partial charge in [0, 0.05) is 17.3 Å². The number of carbonyl (C=O) groups excluding carboxylic acids is 1. The van der Waals surface area contributed by atoms with E-state index < -0.39 is 22.5 Å². The Hall–Kier alpha value is -2.75. The summed E-state index contributed by atoms with van der Waals surface area (Å²) in [5, 5.41) is 3.22. The summed E-state index contributed by atoms with van der Waals surface area (Å²) in [7, 11) is -2.53. The molecular formula is C25H26ClFN2O4S2. The molecule has 0 aliphatic rings. The van der Waals surface area contributed by atoms with Crippen molar-refractivity contribution >= 4 is 45.0 Å². The average Bonchev–Trinajstić information content (AvgIpc) is 2.86. The number of rotatable bonds is 12. The molecular weight excluding hydrogens is 511 g/mol. The molecule has 3 aromatic carbocycles. The number of ether oxygens (including phenoxy) is 1. The minimum atomic E-state index is -4.03. The maximum atomic E-state index is 13.7. The molecule has 0 saturated carbocycles. The Morgan fingerprint density at radius 3 is 2.40 bits per heavy atom. The van der Waals surface area contributed by atoms with Crippen molar-refractivity contribution in [2.45, 2.75) is 17.1 Å². The second-order valence-electron chi connectivity index (χ2n) is 7.51. The lowest BCUT2D eigenvalue weighted by molar-refractivity contribution is -0.119. The maximum absolute atomic E-state index is 13.7. The van der Waals surface area contributed by atoms with Gasteiger partial charge in [-0.15, -0.1) is 0 Å². The molecule has 1 N–H and O–H groups in total. The molecule has 10 heteroatoms. The van der Waals surface area contributed by atoms with Crippen LogP contribution in [-0.2, 0) is 20.6 Å². The van der Waals surface area contributed by atoms with E-state index in [1.165, 1.54) is 25.3 Å². The van der Waals surface area contributed by atoms with Gasteiger partial charge in [0.15, 0.2) is 0 Å². The van der Waals surface area contributed by atoms with Gasteiger partial charge >= 0.3 is 0 Å². The van der Waals surface area contributed by atoms with Crippen molar-refractivity contribution in [3.8, 4) is 5.75 Å². The van der Waals surface area contributed by atoms with Gasteiger partial charge in [0.1, 0.15) is 18.1 Å². The van der Waals surface area contributed by atoms with Gasteiger partial charge in [-0.2, -0.15) is 11.8 Å². The maximum Gasteiger partial charge on any atom is 0.264 e. The van der Waals surface area contributed by atoms with Crippen LogP contribution in [0, 0.1) is 5.82 Å². The number of thioether (sulfide) groups is 1. The van der Waals surface area contributed by atoms with Crippen LogP contribution < -0.4 is 14.4 Å². The van der Waals surface area contributed by atoms with Gasteiger partial charge in [0.05, 0.1) is 17.7 Å². The molecule has 3 aromatic rings. The molecule has 0 atom stereocenters. The fourth-order valence-corrected chi connectivity index (χ4v) is 5.68. The number of hydrogen-bond acceptors (Lipinski definition) is 5. The van der Waals surface area contributed by atoms with E-state index in [1.54, 1.807) is 66.4 Å². The van der Waals surface area contributed by atoms with Crippen molar-refractivity contribution in [3.63, 3.8) is 0 Å². The molecule has 0 unspecified atom stereocenters. The number of halogens is 2. The Kier molecular flexibility index (Phi) is 9.83. The van der Waals surface area contributed by atoms with Gasteiger partial charge in [-0.3, -0.25) is 9.10 Å². The van der Waals surface area contributed by atoms with E-state index in [2.05, 4.69) is 5.32 Å². The van der Waals surface area contributed by atoms with Gasteiger partial charge in [0.25, 0.3) is 10.0 Å². The topological polar surface area (TPSA) is 75.7 Å². The number of nitrogens with zero attached hydrogens (tertiary/aromatic N) is 1. The highest BCUT2D eigenvalue weighted by Crippen LogP contribution is 2.26.